The van der Waals surface area contributed by atoms with Crippen LogP contribution in [0.4, 0.5) is 0 Å². The quantitative estimate of drug-likeness (QED) is 0.608. The molecule has 0 aliphatic carbocycles. The Bertz CT molecular complexity index is 216. The lowest BCUT2D eigenvalue weighted by Crippen LogP contribution is -2.32. The first-order valence-electron chi connectivity index (χ1n) is 4.25. The average molecular weight is 176 g/mol. The highest BCUT2D eigenvalue weighted by atomic mass is 32.2. The van der Waals surface area contributed by atoms with Crippen molar-refractivity contribution in [2.75, 3.05) is 5.75 Å². The molecule has 11 heavy (non-hydrogen) atoms. The summed E-state index contributed by atoms with van der Waals surface area (Å²) in [5.41, 5.74) is 0. The molecule has 0 bridgehead atoms. The zero-order valence-corrected chi connectivity index (χ0v) is 8.02. The molecule has 2 nitrogen and oxygen atoms in total. The summed E-state index contributed by atoms with van der Waals surface area (Å²) in [6.45, 7) is 3.99. The van der Waals surface area contributed by atoms with E-state index in [1.807, 2.05) is 13.8 Å². The van der Waals surface area contributed by atoms with Crippen LogP contribution in [0.3, 0.4) is 0 Å². The number of hydrogen-bond acceptors (Lipinski definition) is 2. The summed E-state index contributed by atoms with van der Waals surface area (Å²) in [6, 6.07) is 0. The molecule has 0 aromatic heterocycles. The van der Waals surface area contributed by atoms with Crippen LogP contribution in [-0.4, -0.2) is 19.4 Å². The van der Waals surface area contributed by atoms with E-state index in [1.54, 1.807) is 0 Å². The smallest absolute Gasteiger partial charge is 0.153 e. The molecule has 0 amide bonds. The minimum absolute atomic E-state index is 0.0590. The van der Waals surface area contributed by atoms with Gasteiger partial charge in [-0.2, -0.15) is 0 Å². The Labute approximate surface area is 68.9 Å². The maximum atomic E-state index is 11.4. The molecule has 0 aromatic rings. The molecule has 0 radical (unpaired) electrons. The first kappa shape index (κ1) is 9.04. The number of rotatable bonds is 1. The van der Waals surface area contributed by atoms with Crippen LogP contribution < -0.4 is 0 Å². The third kappa shape index (κ3) is 1.95. The van der Waals surface area contributed by atoms with E-state index in [2.05, 4.69) is 0 Å². The third-order valence-corrected chi connectivity index (χ3v) is 4.93. The molecule has 0 aromatic carbocycles. The summed E-state index contributed by atoms with van der Waals surface area (Å²) in [6.07, 6.45) is 2.83. The van der Waals surface area contributed by atoms with E-state index in [0.717, 1.165) is 19.3 Å². The average Bonchev–Trinajstić information content (AvgIpc) is 1.85. The second kappa shape index (κ2) is 3.13. The van der Waals surface area contributed by atoms with Crippen molar-refractivity contribution in [3.05, 3.63) is 0 Å². The lowest BCUT2D eigenvalue weighted by atomic mass is 10.0. The molecule has 1 saturated heterocycles. The Morgan fingerprint density at radius 3 is 2.27 bits per heavy atom. The molecular weight excluding hydrogens is 160 g/mol. The summed E-state index contributed by atoms with van der Waals surface area (Å²) in [4.78, 5) is 0. The summed E-state index contributed by atoms with van der Waals surface area (Å²) >= 11 is 0. The second-order valence-corrected chi connectivity index (χ2v) is 5.98. The zero-order valence-electron chi connectivity index (χ0n) is 7.21. The molecular formula is C8H16O2S. The van der Waals surface area contributed by atoms with Gasteiger partial charge in [-0.1, -0.05) is 20.3 Å². The summed E-state index contributed by atoms with van der Waals surface area (Å²) < 4.78 is 22.8. The van der Waals surface area contributed by atoms with E-state index < -0.39 is 9.84 Å². The fourth-order valence-corrected chi connectivity index (χ4v) is 3.99. The Balaban J connectivity index is 2.76. The van der Waals surface area contributed by atoms with E-state index in [-0.39, 0.29) is 5.25 Å². The molecule has 0 saturated carbocycles. The normalized spacial score (nSPS) is 30.6. The van der Waals surface area contributed by atoms with Crippen molar-refractivity contribution < 1.29 is 8.42 Å². The molecule has 0 N–H and O–H groups in total. The van der Waals surface area contributed by atoms with Crippen LogP contribution in [0.1, 0.15) is 33.1 Å². The van der Waals surface area contributed by atoms with E-state index in [0.29, 0.717) is 11.7 Å². The van der Waals surface area contributed by atoms with Gasteiger partial charge in [-0.15, -0.1) is 0 Å². The standard InChI is InChI=1S/C8H16O2S/c1-7(2)8-5-3-4-6-11(8,9)10/h7-8H,3-6H2,1-2H3/t8-/m1/s1. The summed E-state index contributed by atoms with van der Waals surface area (Å²) in [5.74, 6) is 0.704. The van der Waals surface area contributed by atoms with Crippen LogP contribution >= 0.6 is 0 Å². The highest BCUT2D eigenvalue weighted by Crippen LogP contribution is 2.24. The predicted molar refractivity (Wildman–Crippen MR) is 46.3 cm³/mol. The Morgan fingerprint density at radius 2 is 1.91 bits per heavy atom. The Hall–Kier alpha value is -0.0500. The third-order valence-electron chi connectivity index (χ3n) is 2.37. The number of hydrogen-bond donors (Lipinski definition) is 0. The second-order valence-electron chi connectivity index (χ2n) is 3.65. The van der Waals surface area contributed by atoms with Gasteiger partial charge in [-0.25, -0.2) is 8.42 Å². The Kier molecular flexibility index (Phi) is 2.58. The van der Waals surface area contributed by atoms with Crippen LogP contribution in [-0.2, 0) is 9.84 Å². The summed E-state index contributed by atoms with van der Waals surface area (Å²) in [7, 11) is -2.72. The van der Waals surface area contributed by atoms with Gasteiger partial charge in [-0.05, 0) is 18.8 Å². The molecule has 0 unspecified atom stereocenters. The molecule has 3 heteroatoms. The molecule has 66 valence electrons. The van der Waals surface area contributed by atoms with Crippen molar-refractivity contribution in [2.24, 2.45) is 5.92 Å². The number of sulfone groups is 1. The fourth-order valence-electron chi connectivity index (χ4n) is 1.73. The largest absolute Gasteiger partial charge is 0.229 e. The van der Waals surface area contributed by atoms with Crippen molar-refractivity contribution in [3.63, 3.8) is 0 Å². The molecule has 0 spiro atoms. The van der Waals surface area contributed by atoms with Crippen molar-refractivity contribution in [2.45, 2.75) is 38.4 Å². The first-order chi connectivity index (χ1) is 5.04. The van der Waals surface area contributed by atoms with Crippen molar-refractivity contribution >= 4 is 9.84 Å². The van der Waals surface area contributed by atoms with Gasteiger partial charge in [0.25, 0.3) is 0 Å². The predicted octanol–water partition coefficient (Wildman–Crippen LogP) is 1.61. The monoisotopic (exact) mass is 176 g/mol. The van der Waals surface area contributed by atoms with E-state index in [9.17, 15) is 8.42 Å². The van der Waals surface area contributed by atoms with Crippen molar-refractivity contribution in [1.82, 2.24) is 0 Å². The van der Waals surface area contributed by atoms with Gasteiger partial charge in [0, 0.05) is 0 Å². The van der Waals surface area contributed by atoms with Gasteiger partial charge in [0.15, 0.2) is 9.84 Å². The molecule has 1 heterocycles. The Morgan fingerprint density at radius 1 is 1.27 bits per heavy atom. The SMILES string of the molecule is CC(C)[C@H]1CCCCS1(=O)=O. The maximum absolute atomic E-state index is 11.4. The van der Waals surface area contributed by atoms with Gasteiger partial charge >= 0.3 is 0 Å². The van der Waals surface area contributed by atoms with E-state index in [1.165, 1.54) is 0 Å². The summed E-state index contributed by atoms with van der Waals surface area (Å²) in [5, 5.41) is -0.0590. The maximum Gasteiger partial charge on any atom is 0.153 e. The van der Waals surface area contributed by atoms with Crippen LogP contribution in [0.5, 0.6) is 0 Å². The molecule has 1 fully saturated rings. The lowest BCUT2D eigenvalue weighted by molar-refractivity contribution is 0.479. The minimum atomic E-state index is -2.72. The lowest BCUT2D eigenvalue weighted by Gasteiger charge is -2.24. The van der Waals surface area contributed by atoms with Crippen LogP contribution in [0.25, 0.3) is 0 Å². The van der Waals surface area contributed by atoms with Crippen LogP contribution in [0, 0.1) is 5.92 Å². The van der Waals surface area contributed by atoms with Crippen molar-refractivity contribution in [1.29, 1.82) is 0 Å². The first-order valence-corrected chi connectivity index (χ1v) is 5.97. The van der Waals surface area contributed by atoms with Gasteiger partial charge in [0.1, 0.15) is 0 Å². The van der Waals surface area contributed by atoms with E-state index in [4.69, 9.17) is 0 Å². The highest BCUT2D eigenvalue weighted by Gasteiger charge is 2.30. The highest BCUT2D eigenvalue weighted by molar-refractivity contribution is 7.92. The van der Waals surface area contributed by atoms with Gasteiger partial charge in [0.2, 0.25) is 0 Å². The minimum Gasteiger partial charge on any atom is -0.229 e. The van der Waals surface area contributed by atoms with Gasteiger partial charge < -0.3 is 0 Å². The van der Waals surface area contributed by atoms with Crippen LogP contribution in [0.15, 0.2) is 0 Å². The van der Waals surface area contributed by atoms with E-state index >= 15 is 0 Å². The molecule has 1 aliphatic heterocycles. The van der Waals surface area contributed by atoms with Gasteiger partial charge in [-0.3, -0.25) is 0 Å². The zero-order chi connectivity index (χ0) is 8.48. The van der Waals surface area contributed by atoms with Crippen molar-refractivity contribution in [3.8, 4) is 0 Å². The molecule has 1 atom stereocenters. The van der Waals surface area contributed by atoms with Crippen LogP contribution in [0.2, 0.25) is 0 Å². The topological polar surface area (TPSA) is 34.1 Å². The molecule has 1 aliphatic rings. The van der Waals surface area contributed by atoms with Gasteiger partial charge in [0.05, 0.1) is 11.0 Å². The molecule has 1 rings (SSSR count). The fraction of sp³-hybridized carbons (Fsp3) is 1.00.